The molecule has 6 N–H and O–H groups in total. The van der Waals surface area contributed by atoms with E-state index in [0.717, 1.165) is 67.2 Å². The summed E-state index contributed by atoms with van der Waals surface area (Å²) in [6.45, 7) is 17.7. The molecule has 0 radical (unpaired) electrons. The van der Waals surface area contributed by atoms with E-state index in [9.17, 15) is 28.8 Å². The smallest absolute Gasteiger partial charge is 0.257 e. The first kappa shape index (κ1) is 71.4. The zero-order valence-corrected chi connectivity index (χ0v) is 50.3. The average molecular weight is 1200 g/mol. The van der Waals surface area contributed by atoms with Crippen molar-refractivity contribution in [3.05, 3.63) is 70.9 Å². The highest BCUT2D eigenvalue weighted by Crippen LogP contribution is 2.30. The Morgan fingerprint density at radius 3 is 1.62 bits per heavy atom. The number of hydrogen-bond acceptors (Lipinski definition) is 22. The van der Waals surface area contributed by atoms with Crippen LogP contribution in [0.4, 0.5) is 17.2 Å². The number of nitrogens with one attached hydrogen (secondary N) is 4. The Kier molecular flexibility index (Phi) is 37.3. The third-order valence-electron chi connectivity index (χ3n) is 13.3. The van der Waals surface area contributed by atoms with Crippen molar-refractivity contribution >= 4 is 53.8 Å². The summed E-state index contributed by atoms with van der Waals surface area (Å²) in [4.78, 5) is 83.4. The van der Waals surface area contributed by atoms with Crippen LogP contribution in [-0.2, 0) is 68.3 Å². The number of nitrogens with zero attached hydrogens (tertiary/aromatic N) is 4. The van der Waals surface area contributed by atoms with Crippen LogP contribution in [-0.4, -0.2) is 255 Å². The van der Waals surface area contributed by atoms with E-state index in [4.69, 9.17) is 58.1 Å². The van der Waals surface area contributed by atoms with Crippen molar-refractivity contribution in [3.8, 4) is 11.1 Å². The topological polar surface area (TPSA) is 291 Å². The second-order valence-electron chi connectivity index (χ2n) is 19.8. The summed E-state index contributed by atoms with van der Waals surface area (Å²) in [5, 5.41) is 12.0. The molecular weight excluding hydrogens is 1100 g/mol. The molecule has 0 bridgehead atoms. The molecule has 0 aliphatic carbocycles. The number of aldehydes is 3. The summed E-state index contributed by atoms with van der Waals surface area (Å²) < 4.78 is 55.5. The normalized spacial score (nSPS) is 12.9. The molecule has 0 spiro atoms. The fourth-order valence-corrected chi connectivity index (χ4v) is 8.66. The van der Waals surface area contributed by atoms with Crippen molar-refractivity contribution in [1.29, 1.82) is 0 Å². The molecule has 4 rings (SSSR count). The first-order valence-electron chi connectivity index (χ1n) is 29.3. The molecule has 3 aromatic rings. The zero-order valence-electron chi connectivity index (χ0n) is 50.3. The summed E-state index contributed by atoms with van der Waals surface area (Å²) in [7, 11) is 2.97. The summed E-state index contributed by atoms with van der Waals surface area (Å²) in [6.07, 6.45) is 4.43. The molecule has 0 saturated carbocycles. The van der Waals surface area contributed by atoms with Crippen molar-refractivity contribution in [2.75, 3.05) is 208 Å². The fourth-order valence-electron chi connectivity index (χ4n) is 8.66. The van der Waals surface area contributed by atoms with Gasteiger partial charge in [0.2, 0.25) is 11.8 Å². The van der Waals surface area contributed by atoms with Gasteiger partial charge in [-0.1, -0.05) is 12.1 Å². The fraction of sp³-hybridized carbons (Fsp3) is 0.617. The predicted molar refractivity (Wildman–Crippen MR) is 322 cm³/mol. The van der Waals surface area contributed by atoms with Gasteiger partial charge in [0.1, 0.15) is 18.4 Å². The maximum absolute atomic E-state index is 13.4. The van der Waals surface area contributed by atoms with Gasteiger partial charge in [0, 0.05) is 120 Å². The SMILES string of the molecule is CNC(=O)CCC(C=O)N(C)C(=O)c1c(C=O)cccc1NCCOCCOCCOCCOCCOCCOCCOCCOCCOCCOCCC(=O)NCCN1CCN(c2ccc(-c3cc(C=O)c(CN)c(NC(C)C)c3)cn2)CC1. The number of benzene rings is 2. The third kappa shape index (κ3) is 28.8. The predicted octanol–water partition coefficient (Wildman–Crippen LogP) is 2.72. The number of likely N-dealkylation sites (N-methyl/N-ethyl adjacent to an activating group) is 1. The van der Waals surface area contributed by atoms with E-state index in [1.54, 1.807) is 12.1 Å². The zero-order chi connectivity index (χ0) is 61.1. The number of carbonyl (C=O) groups is 6. The summed E-state index contributed by atoms with van der Waals surface area (Å²) >= 11 is 0. The van der Waals surface area contributed by atoms with E-state index in [1.165, 1.54) is 25.1 Å². The van der Waals surface area contributed by atoms with Crippen molar-refractivity contribution in [2.45, 2.75) is 51.7 Å². The minimum atomic E-state index is -0.836. The molecule has 85 heavy (non-hydrogen) atoms. The molecule has 3 amide bonds. The summed E-state index contributed by atoms with van der Waals surface area (Å²) in [5.41, 5.74) is 10.8. The van der Waals surface area contributed by atoms with Gasteiger partial charge < -0.3 is 89.0 Å². The molecule has 1 aromatic heterocycles. The monoisotopic (exact) mass is 1200 g/mol. The number of nitrogens with two attached hydrogens (primary N) is 1. The standard InChI is InChI=1S/C60H93N9O16/c1-47(2)66-55-41-50(40-51(45-71)53(55)42-61)48-8-10-56(65-43-48)69-18-16-68(17-19-69)15-13-64-58(74)12-20-76-22-24-78-26-28-80-30-32-82-34-36-84-38-39-85-37-35-83-33-31-81-29-27-79-25-23-77-21-14-63-54-7-5-6-49(44-70)59(54)60(75)67(4)52(46-72)9-11-57(73)62-3/h5-8,10,40-41,43-47,52,63,66H,9,11-39,42,61H2,1-4H3,(H,62,73)(H,64,74). The van der Waals surface area contributed by atoms with Gasteiger partial charge in [0.25, 0.3) is 5.91 Å². The number of aromatic nitrogens is 1. The second kappa shape index (κ2) is 44.4. The van der Waals surface area contributed by atoms with Gasteiger partial charge in [-0.25, -0.2) is 4.98 Å². The van der Waals surface area contributed by atoms with Gasteiger partial charge in [-0.15, -0.1) is 0 Å². The number of rotatable bonds is 50. The molecule has 1 unspecified atom stereocenters. The van der Waals surface area contributed by atoms with E-state index in [2.05, 4.69) is 44.9 Å². The minimum absolute atomic E-state index is 0.0409. The average Bonchev–Trinajstić information content (AvgIpc) is 3.32. The van der Waals surface area contributed by atoms with E-state index >= 15 is 0 Å². The quantitative estimate of drug-likeness (QED) is 0.0401. The van der Waals surface area contributed by atoms with Crippen molar-refractivity contribution < 1.29 is 76.1 Å². The highest BCUT2D eigenvalue weighted by atomic mass is 16.6. The van der Waals surface area contributed by atoms with Crippen molar-refractivity contribution in [2.24, 2.45) is 5.73 Å². The Morgan fingerprint density at radius 2 is 1.15 bits per heavy atom. The van der Waals surface area contributed by atoms with E-state index in [-0.39, 0.29) is 54.8 Å². The van der Waals surface area contributed by atoms with Crippen LogP contribution >= 0.6 is 0 Å². The Hall–Kier alpha value is -6.07. The molecule has 2 heterocycles. The lowest BCUT2D eigenvalue weighted by Crippen LogP contribution is -2.48. The number of pyridine rings is 1. The van der Waals surface area contributed by atoms with Crippen molar-refractivity contribution in [1.82, 2.24) is 25.4 Å². The van der Waals surface area contributed by atoms with Gasteiger partial charge in [-0.2, -0.15) is 0 Å². The van der Waals surface area contributed by atoms with Crippen LogP contribution in [0.25, 0.3) is 11.1 Å². The Bertz CT molecular complexity index is 2360. The molecular formula is C60H93N9O16. The number of amides is 3. The third-order valence-corrected chi connectivity index (χ3v) is 13.3. The van der Waals surface area contributed by atoms with Crippen LogP contribution in [0.2, 0.25) is 0 Å². The summed E-state index contributed by atoms with van der Waals surface area (Å²) in [5.74, 6) is 0.109. The molecule has 1 atom stereocenters. The van der Waals surface area contributed by atoms with Gasteiger partial charge in [-0.3, -0.25) is 28.9 Å². The van der Waals surface area contributed by atoms with E-state index < -0.39 is 11.9 Å². The van der Waals surface area contributed by atoms with E-state index in [0.29, 0.717) is 169 Å². The second-order valence-corrected chi connectivity index (χ2v) is 19.8. The molecule has 25 nitrogen and oxygen atoms in total. The number of anilines is 3. The molecule has 1 fully saturated rings. The van der Waals surface area contributed by atoms with Crippen molar-refractivity contribution in [3.63, 3.8) is 0 Å². The molecule has 25 heteroatoms. The highest BCUT2D eigenvalue weighted by molar-refractivity contribution is 6.06. The molecule has 1 saturated heterocycles. The van der Waals surface area contributed by atoms with Gasteiger partial charge in [-0.05, 0) is 61.7 Å². The maximum Gasteiger partial charge on any atom is 0.257 e. The Labute approximate surface area is 500 Å². The molecule has 1 aliphatic heterocycles. The largest absolute Gasteiger partial charge is 0.383 e. The number of carbonyl (C=O) groups excluding carboxylic acids is 6. The van der Waals surface area contributed by atoms with E-state index in [1.807, 2.05) is 30.5 Å². The molecule has 2 aromatic carbocycles. The lowest BCUT2D eigenvalue weighted by atomic mass is 9.98. The first-order chi connectivity index (χ1) is 41.5. The van der Waals surface area contributed by atoms with Crippen LogP contribution < -0.4 is 31.9 Å². The maximum atomic E-state index is 13.4. The van der Waals surface area contributed by atoms with Crippen LogP contribution in [0.1, 0.15) is 69.7 Å². The molecule has 1 aliphatic rings. The Morgan fingerprint density at radius 1 is 0.624 bits per heavy atom. The van der Waals surface area contributed by atoms with Crippen LogP contribution in [0, 0.1) is 0 Å². The van der Waals surface area contributed by atoms with Crippen LogP contribution in [0.15, 0.2) is 48.7 Å². The summed E-state index contributed by atoms with van der Waals surface area (Å²) in [6, 6.07) is 12.2. The first-order valence-corrected chi connectivity index (χ1v) is 29.3. The minimum Gasteiger partial charge on any atom is -0.383 e. The Balaban J connectivity index is 0.838. The lowest BCUT2D eigenvalue weighted by Gasteiger charge is -2.35. The number of piperazine rings is 1. The molecule has 474 valence electrons. The lowest BCUT2D eigenvalue weighted by molar-refractivity contribution is -0.122. The highest BCUT2D eigenvalue weighted by Gasteiger charge is 2.26. The number of ether oxygens (including phenoxy) is 10. The van der Waals surface area contributed by atoms with Gasteiger partial charge in [0.05, 0.1) is 144 Å². The van der Waals surface area contributed by atoms with Crippen LogP contribution in [0.3, 0.4) is 0 Å². The number of hydrogen-bond donors (Lipinski definition) is 5. The van der Waals surface area contributed by atoms with Crippen LogP contribution in [0.5, 0.6) is 0 Å². The van der Waals surface area contributed by atoms with Gasteiger partial charge in [0.15, 0.2) is 6.29 Å². The van der Waals surface area contributed by atoms with Gasteiger partial charge >= 0.3 is 0 Å².